The molecule has 0 aromatic heterocycles. The summed E-state index contributed by atoms with van der Waals surface area (Å²) in [6.07, 6.45) is 2.27. The third-order valence-corrected chi connectivity index (χ3v) is 4.37. The van der Waals surface area contributed by atoms with Crippen molar-refractivity contribution < 1.29 is 4.79 Å². The first-order valence-corrected chi connectivity index (χ1v) is 7.11. The first-order chi connectivity index (χ1) is 8.46. The van der Waals surface area contributed by atoms with E-state index < -0.39 is 0 Å². The molecule has 2 rings (SSSR count). The van der Waals surface area contributed by atoms with Gasteiger partial charge in [0.25, 0.3) is 5.91 Å². The van der Waals surface area contributed by atoms with Gasteiger partial charge in [0.05, 0.1) is 11.1 Å². The monoisotopic (exact) mass is 330 g/mol. The molecule has 0 saturated heterocycles. The van der Waals surface area contributed by atoms with E-state index in [1.807, 2.05) is 6.92 Å². The molecule has 1 aromatic rings. The zero-order valence-corrected chi connectivity index (χ0v) is 12.5. The largest absolute Gasteiger partial charge is 0.345 e. The third-order valence-electron chi connectivity index (χ3n) is 3.48. The Morgan fingerprint density at radius 3 is 2.78 bits per heavy atom. The SMILES string of the molecule is CC(CN)(NC(=O)c1ccc(Cl)cc1Br)C1CC1. The first kappa shape index (κ1) is 13.8. The van der Waals surface area contributed by atoms with Crippen molar-refractivity contribution in [3.05, 3.63) is 33.3 Å². The molecule has 3 N–H and O–H groups in total. The summed E-state index contributed by atoms with van der Waals surface area (Å²) in [7, 11) is 0. The molecule has 1 aliphatic rings. The van der Waals surface area contributed by atoms with Gasteiger partial charge >= 0.3 is 0 Å². The van der Waals surface area contributed by atoms with Crippen LogP contribution in [0.1, 0.15) is 30.1 Å². The van der Waals surface area contributed by atoms with Crippen molar-refractivity contribution in [2.24, 2.45) is 11.7 Å². The fraction of sp³-hybridized carbons (Fsp3) is 0.462. The Morgan fingerprint density at radius 1 is 1.61 bits per heavy atom. The zero-order chi connectivity index (χ0) is 13.3. The molecule has 0 aliphatic heterocycles. The summed E-state index contributed by atoms with van der Waals surface area (Å²) in [5, 5.41) is 3.64. The minimum absolute atomic E-state index is 0.113. The highest BCUT2D eigenvalue weighted by Gasteiger charge is 2.41. The maximum Gasteiger partial charge on any atom is 0.252 e. The number of nitrogens with one attached hydrogen (secondary N) is 1. The minimum Gasteiger partial charge on any atom is -0.345 e. The van der Waals surface area contributed by atoms with Gasteiger partial charge in [0.15, 0.2) is 0 Å². The number of hydrogen-bond donors (Lipinski definition) is 2. The molecule has 1 aliphatic carbocycles. The van der Waals surface area contributed by atoms with Crippen molar-refractivity contribution in [2.75, 3.05) is 6.54 Å². The van der Waals surface area contributed by atoms with Gasteiger partial charge in [-0.15, -0.1) is 0 Å². The third kappa shape index (κ3) is 2.87. The van der Waals surface area contributed by atoms with Crippen molar-refractivity contribution in [1.29, 1.82) is 0 Å². The minimum atomic E-state index is -0.309. The molecule has 1 atom stereocenters. The van der Waals surface area contributed by atoms with Gasteiger partial charge < -0.3 is 11.1 Å². The van der Waals surface area contributed by atoms with E-state index in [9.17, 15) is 4.79 Å². The quantitative estimate of drug-likeness (QED) is 0.891. The van der Waals surface area contributed by atoms with E-state index >= 15 is 0 Å². The van der Waals surface area contributed by atoms with Crippen LogP contribution in [0, 0.1) is 5.92 Å². The van der Waals surface area contributed by atoms with Gasteiger partial charge in [-0.25, -0.2) is 0 Å². The van der Waals surface area contributed by atoms with E-state index in [1.165, 1.54) is 0 Å². The van der Waals surface area contributed by atoms with Gasteiger partial charge in [-0.1, -0.05) is 11.6 Å². The van der Waals surface area contributed by atoms with Crippen molar-refractivity contribution >= 4 is 33.4 Å². The fourth-order valence-electron chi connectivity index (χ4n) is 2.04. The van der Waals surface area contributed by atoms with E-state index in [-0.39, 0.29) is 11.4 Å². The lowest BCUT2D eigenvalue weighted by Crippen LogP contribution is -2.53. The number of amides is 1. The van der Waals surface area contributed by atoms with Gasteiger partial charge in [-0.3, -0.25) is 4.79 Å². The molecule has 1 aromatic carbocycles. The number of rotatable bonds is 4. The van der Waals surface area contributed by atoms with Crippen LogP contribution in [0.15, 0.2) is 22.7 Å². The number of nitrogens with two attached hydrogens (primary N) is 1. The number of carbonyl (C=O) groups excluding carboxylic acids is 1. The first-order valence-electron chi connectivity index (χ1n) is 5.94. The van der Waals surface area contributed by atoms with E-state index in [1.54, 1.807) is 18.2 Å². The second-order valence-electron chi connectivity index (χ2n) is 4.97. The second-order valence-corrected chi connectivity index (χ2v) is 6.26. The lowest BCUT2D eigenvalue weighted by atomic mass is 9.95. The molecule has 0 bridgehead atoms. The van der Waals surface area contributed by atoms with E-state index in [0.717, 1.165) is 12.8 Å². The second kappa shape index (κ2) is 5.19. The molecule has 1 saturated carbocycles. The maximum atomic E-state index is 12.2. The van der Waals surface area contributed by atoms with Crippen LogP contribution in [0.5, 0.6) is 0 Å². The van der Waals surface area contributed by atoms with E-state index in [4.69, 9.17) is 17.3 Å². The topological polar surface area (TPSA) is 55.1 Å². The lowest BCUT2D eigenvalue weighted by molar-refractivity contribution is 0.0897. The van der Waals surface area contributed by atoms with Crippen LogP contribution >= 0.6 is 27.5 Å². The van der Waals surface area contributed by atoms with Gasteiger partial charge in [0.2, 0.25) is 0 Å². The molecular weight excluding hydrogens is 316 g/mol. The number of hydrogen-bond acceptors (Lipinski definition) is 2. The molecule has 1 unspecified atom stereocenters. The highest BCUT2D eigenvalue weighted by Crippen LogP contribution is 2.39. The smallest absolute Gasteiger partial charge is 0.252 e. The average molecular weight is 332 g/mol. The molecular formula is C13H16BrClN2O. The summed E-state index contributed by atoms with van der Waals surface area (Å²) in [6.45, 7) is 2.46. The van der Waals surface area contributed by atoms with Crippen molar-refractivity contribution in [3.8, 4) is 0 Å². The van der Waals surface area contributed by atoms with Crippen molar-refractivity contribution in [2.45, 2.75) is 25.3 Å². The number of benzene rings is 1. The van der Waals surface area contributed by atoms with Crippen LogP contribution in [-0.2, 0) is 0 Å². The Bertz CT molecular complexity index is 476. The highest BCUT2D eigenvalue weighted by atomic mass is 79.9. The number of halogens is 2. The van der Waals surface area contributed by atoms with E-state index in [2.05, 4.69) is 21.2 Å². The predicted molar refractivity (Wildman–Crippen MR) is 76.8 cm³/mol. The van der Waals surface area contributed by atoms with Crippen LogP contribution in [0.4, 0.5) is 0 Å². The Hall–Kier alpha value is -0.580. The fourth-order valence-corrected chi connectivity index (χ4v) is 2.90. The summed E-state index contributed by atoms with van der Waals surface area (Å²) >= 11 is 9.21. The Labute approximate surface area is 120 Å². The summed E-state index contributed by atoms with van der Waals surface area (Å²) < 4.78 is 0.697. The van der Waals surface area contributed by atoms with Crippen LogP contribution in [0.3, 0.4) is 0 Å². The number of carbonyl (C=O) groups is 1. The van der Waals surface area contributed by atoms with Gasteiger partial charge in [-0.2, -0.15) is 0 Å². The molecule has 0 spiro atoms. The normalized spacial score (nSPS) is 18.2. The van der Waals surface area contributed by atoms with Crippen LogP contribution in [-0.4, -0.2) is 18.0 Å². The van der Waals surface area contributed by atoms with Gasteiger partial charge in [-0.05, 0) is 59.8 Å². The van der Waals surface area contributed by atoms with Crippen molar-refractivity contribution in [1.82, 2.24) is 5.32 Å². The molecule has 0 radical (unpaired) electrons. The predicted octanol–water partition coefficient (Wildman–Crippen LogP) is 2.96. The summed E-state index contributed by atoms with van der Waals surface area (Å²) in [6, 6.07) is 5.14. The maximum absolute atomic E-state index is 12.2. The summed E-state index contributed by atoms with van der Waals surface area (Å²) in [5.74, 6) is 0.385. The molecule has 0 heterocycles. The van der Waals surface area contributed by atoms with Gasteiger partial charge in [0.1, 0.15) is 0 Å². The van der Waals surface area contributed by atoms with Crippen LogP contribution < -0.4 is 11.1 Å². The molecule has 18 heavy (non-hydrogen) atoms. The van der Waals surface area contributed by atoms with Crippen LogP contribution in [0.2, 0.25) is 5.02 Å². The Balaban J connectivity index is 2.16. The zero-order valence-electron chi connectivity index (χ0n) is 10.2. The van der Waals surface area contributed by atoms with Gasteiger partial charge in [0, 0.05) is 16.0 Å². The van der Waals surface area contributed by atoms with E-state index in [0.29, 0.717) is 27.5 Å². The summed E-state index contributed by atoms with van der Waals surface area (Å²) in [5.41, 5.74) is 6.06. The molecule has 1 amide bonds. The summed E-state index contributed by atoms with van der Waals surface area (Å²) in [4.78, 5) is 12.2. The van der Waals surface area contributed by atoms with Crippen molar-refractivity contribution in [3.63, 3.8) is 0 Å². The molecule has 5 heteroatoms. The molecule has 3 nitrogen and oxygen atoms in total. The molecule has 98 valence electrons. The standard InChI is InChI=1S/C13H16BrClN2O/c1-13(7-16,8-2-3-8)17-12(18)10-5-4-9(15)6-11(10)14/h4-6,8H,2-3,7,16H2,1H3,(H,17,18). The Morgan fingerprint density at radius 2 is 2.28 bits per heavy atom. The lowest BCUT2D eigenvalue weighted by Gasteiger charge is -2.29. The molecule has 1 fully saturated rings. The van der Waals surface area contributed by atoms with Crippen LogP contribution in [0.25, 0.3) is 0 Å². The highest BCUT2D eigenvalue weighted by molar-refractivity contribution is 9.10. The average Bonchev–Trinajstić information content (AvgIpc) is 3.12. The Kier molecular flexibility index (Phi) is 3.99.